The van der Waals surface area contributed by atoms with E-state index in [4.69, 9.17) is 54.4 Å². The number of rotatable bonds is 11. The van der Waals surface area contributed by atoms with Crippen molar-refractivity contribution in [2.45, 2.75) is 37.5 Å². The first-order valence-corrected chi connectivity index (χ1v) is 21.3. The van der Waals surface area contributed by atoms with E-state index >= 15 is 0 Å². The summed E-state index contributed by atoms with van der Waals surface area (Å²) in [6, 6.07) is 18.5. The van der Waals surface area contributed by atoms with Crippen LogP contribution in [0.4, 0.5) is 11.6 Å². The highest BCUT2D eigenvalue weighted by atomic mass is 35.5. The molecular weight excluding hydrogens is 876 g/mol. The lowest BCUT2D eigenvalue weighted by Crippen LogP contribution is -2.31. The number of carboxylic acids is 1. The van der Waals surface area contributed by atoms with Gasteiger partial charge in [0, 0.05) is 34.5 Å². The van der Waals surface area contributed by atoms with Crippen LogP contribution in [0.3, 0.4) is 0 Å². The van der Waals surface area contributed by atoms with Crippen LogP contribution in [0.25, 0.3) is 22.8 Å². The first-order valence-electron chi connectivity index (χ1n) is 17.5. The van der Waals surface area contributed by atoms with Crippen molar-refractivity contribution in [2.24, 2.45) is 5.14 Å². The molecule has 0 fully saturated rings. The summed E-state index contributed by atoms with van der Waals surface area (Å²) in [5.74, 6) is -1.42. The van der Waals surface area contributed by atoms with Crippen LogP contribution in [0.5, 0.6) is 11.8 Å². The van der Waals surface area contributed by atoms with Crippen LogP contribution in [0.2, 0.25) is 10.3 Å². The molecule has 19 nitrogen and oxygen atoms in total. The van der Waals surface area contributed by atoms with Gasteiger partial charge in [-0.15, -0.1) is 0 Å². The van der Waals surface area contributed by atoms with Gasteiger partial charge in [0.2, 0.25) is 21.8 Å². The Morgan fingerprint density at radius 2 is 1.13 bits per heavy atom. The van der Waals surface area contributed by atoms with Crippen molar-refractivity contribution in [2.75, 3.05) is 24.7 Å². The molecular formula is C38H52Cl2N10O9S2. The number of pyridine rings is 6. The molecule has 0 atom stereocenters. The number of aromatic carboxylic acids is 1. The Morgan fingerprint density at radius 1 is 0.689 bits per heavy atom. The second-order valence-corrected chi connectivity index (χ2v) is 16.1. The molecule has 0 saturated carbocycles. The molecule has 0 aliphatic rings. The Morgan fingerprint density at radius 3 is 1.51 bits per heavy atom. The predicted octanol–water partition coefficient (Wildman–Crippen LogP) is 6.84. The van der Waals surface area contributed by atoms with Gasteiger partial charge in [0.25, 0.3) is 15.9 Å². The monoisotopic (exact) mass is 926 g/mol. The minimum atomic E-state index is -4.24. The van der Waals surface area contributed by atoms with Crippen molar-refractivity contribution in [1.82, 2.24) is 34.6 Å². The Hall–Kier alpha value is -6.52. The van der Waals surface area contributed by atoms with E-state index in [1.807, 2.05) is 44.5 Å². The Labute approximate surface area is 370 Å². The van der Waals surface area contributed by atoms with Gasteiger partial charge < -0.3 is 26.0 Å². The van der Waals surface area contributed by atoms with Crippen LogP contribution in [0, 0.1) is 13.8 Å². The number of nitrogen functional groups attached to an aromatic ring is 2. The fraction of sp³-hybridized carbons (Fsp3) is 0.158. The fourth-order valence-electron chi connectivity index (χ4n) is 4.96. The second-order valence-electron chi connectivity index (χ2n) is 12.2. The molecule has 6 aromatic heterocycles. The van der Waals surface area contributed by atoms with Crippen molar-refractivity contribution in [1.29, 1.82) is 0 Å². The van der Waals surface area contributed by atoms with Gasteiger partial charge in [0.15, 0.2) is 0 Å². The number of carbonyl (C=O) groups is 2. The first-order chi connectivity index (χ1) is 28.7. The maximum Gasteiger partial charge on any atom is 0.338 e. The lowest BCUT2D eigenvalue weighted by molar-refractivity contribution is 0.0696. The second kappa shape index (κ2) is 20.6. The van der Waals surface area contributed by atoms with Gasteiger partial charge in [-0.3, -0.25) is 4.79 Å². The van der Waals surface area contributed by atoms with E-state index in [1.165, 1.54) is 54.9 Å². The molecule has 0 radical (unpaired) electrons. The van der Waals surface area contributed by atoms with E-state index in [0.717, 1.165) is 11.1 Å². The molecule has 1 amide bonds. The summed E-state index contributed by atoms with van der Waals surface area (Å²) in [6.07, 6.45) is 2.73. The molecule has 0 unspecified atom stereocenters. The van der Waals surface area contributed by atoms with Crippen LogP contribution in [-0.4, -0.2) is 76.9 Å². The standard InChI is InChI=1S/C19H18ClN5O4S.C14H13ClN2O3.C5H7N3O2S.7H2/c1-3-29-16-10-11(2)9-14(23-16)13-7-6-12(17(20)24-13)19(26)25-30(27,28)15-5-4-8-22-18(15)21;1-3-20-12-7-8(2)6-11(16-12)10-5-4-9(14(18)19)13(15)17-10;6-5-4(11(7,9)10)2-1-3-8-5;;;;;;;/h4-10H,3H2,1-2H3,(H2,21,22)(H,25,26);4-7H,3H2,1-2H3,(H,18,19);1-3H,(H2,6,8)(H2,7,9,10);7*1H. The number of sulfonamides is 2. The largest absolute Gasteiger partial charge is 0.478 e. The number of amides is 1. The molecule has 0 aliphatic heterocycles. The number of anilines is 2. The molecule has 61 heavy (non-hydrogen) atoms. The predicted molar refractivity (Wildman–Crippen MR) is 242 cm³/mol. The molecule has 0 aromatic carbocycles. The molecule has 6 heterocycles. The fourth-order valence-corrected chi connectivity index (χ4v) is 7.10. The minimum absolute atomic E-state index is 0. The zero-order valence-electron chi connectivity index (χ0n) is 32.7. The molecule has 0 aliphatic carbocycles. The summed E-state index contributed by atoms with van der Waals surface area (Å²) in [5.41, 5.74) is 14.5. The van der Waals surface area contributed by atoms with Gasteiger partial charge in [0.05, 0.1) is 47.1 Å². The summed E-state index contributed by atoms with van der Waals surface area (Å²) in [7, 11) is -7.96. The Balaban J connectivity index is -0.000000471. The Bertz CT molecular complexity index is 2830. The SMILES string of the molecule is CCOc1cc(C)cc(-c2ccc(C(=O)NS(=O)(=O)c3cccnc3N)c(Cl)n2)n1.CCOc1cc(C)cc(-c2ccc(C(=O)O)c(Cl)n2)n1.Nc1ncccc1S(N)(=O)=O.[HH].[HH].[HH].[HH].[HH].[HH].[HH]. The zero-order valence-corrected chi connectivity index (χ0v) is 35.8. The van der Waals surface area contributed by atoms with Crippen molar-refractivity contribution in [3.8, 4) is 34.5 Å². The van der Waals surface area contributed by atoms with Gasteiger partial charge >= 0.3 is 5.97 Å². The van der Waals surface area contributed by atoms with Crippen LogP contribution in [-0.2, 0) is 20.0 Å². The van der Waals surface area contributed by atoms with Crippen molar-refractivity contribution in [3.05, 3.63) is 118 Å². The number of aryl methyl sites for hydroxylation is 2. The summed E-state index contributed by atoms with van der Waals surface area (Å²) in [4.78, 5) is 47.1. The van der Waals surface area contributed by atoms with E-state index in [-0.39, 0.29) is 52.8 Å². The number of carbonyl (C=O) groups excluding carboxylic acids is 1. The number of aromatic nitrogens is 6. The average Bonchev–Trinajstić information content (AvgIpc) is 3.17. The number of nitrogens with zero attached hydrogens (tertiary/aromatic N) is 6. The highest BCUT2D eigenvalue weighted by molar-refractivity contribution is 7.90. The zero-order chi connectivity index (χ0) is 45.1. The number of primary sulfonamides is 1. The molecule has 23 heteroatoms. The first kappa shape index (κ1) is 47.2. The third-order valence-corrected chi connectivity index (χ3v) is 10.5. The van der Waals surface area contributed by atoms with E-state index in [1.54, 1.807) is 18.2 Å². The maximum absolute atomic E-state index is 12.5. The molecule has 0 saturated heterocycles. The number of hydrogen-bond acceptors (Lipinski definition) is 16. The normalized spacial score (nSPS) is 10.9. The van der Waals surface area contributed by atoms with Crippen LogP contribution in [0.15, 0.2) is 95.0 Å². The van der Waals surface area contributed by atoms with E-state index in [0.29, 0.717) is 47.7 Å². The van der Waals surface area contributed by atoms with Crippen molar-refractivity contribution in [3.63, 3.8) is 0 Å². The Kier molecular flexibility index (Phi) is 16.0. The molecule has 0 bridgehead atoms. The van der Waals surface area contributed by atoms with Crippen LogP contribution in [0.1, 0.15) is 55.7 Å². The van der Waals surface area contributed by atoms with Gasteiger partial charge in [-0.05, 0) is 99.5 Å². The van der Waals surface area contributed by atoms with Crippen molar-refractivity contribution < 1.29 is 51.0 Å². The molecule has 6 rings (SSSR count). The number of carboxylic acid groups (broad SMARTS) is 1. The molecule has 6 aromatic rings. The number of nitrogens with two attached hydrogens (primary N) is 3. The van der Waals surface area contributed by atoms with Crippen molar-refractivity contribution >= 4 is 66.8 Å². The van der Waals surface area contributed by atoms with Gasteiger partial charge in [-0.25, -0.2) is 61.4 Å². The molecule has 8 N–H and O–H groups in total. The smallest absolute Gasteiger partial charge is 0.338 e. The highest BCUT2D eigenvalue weighted by Gasteiger charge is 2.24. The van der Waals surface area contributed by atoms with Gasteiger partial charge in [0.1, 0.15) is 31.7 Å². The number of ether oxygens (including phenoxy) is 2. The number of halogens is 2. The number of hydrogen-bond donors (Lipinski definition) is 5. The minimum Gasteiger partial charge on any atom is -0.478 e. The van der Waals surface area contributed by atoms with E-state index in [9.17, 15) is 26.4 Å². The van der Waals surface area contributed by atoms with Gasteiger partial charge in [-0.2, -0.15) is 0 Å². The topological polar surface area (TPSA) is 309 Å². The quantitative estimate of drug-likeness (QED) is 0.0831. The van der Waals surface area contributed by atoms with Crippen LogP contribution < -0.4 is 30.8 Å². The highest BCUT2D eigenvalue weighted by Crippen LogP contribution is 2.26. The molecule has 334 valence electrons. The summed E-state index contributed by atoms with van der Waals surface area (Å²) in [5, 5.41) is 13.5. The van der Waals surface area contributed by atoms with E-state index < -0.39 is 31.9 Å². The summed E-state index contributed by atoms with van der Waals surface area (Å²) >= 11 is 12.0. The van der Waals surface area contributed by atoms with Gasteiger partial charge in [-0.1, -0.05) is 23.2 Å². The summed E-state index contributed by atoms with van der Waals surface area (Å²) in [6.45, 7) is 8.49. The molecule has 0 spiro atoms. The van der Waals surface area contributed by atoms with E-state index in [2.05, 4.69) is 29.9 Å². The third-order valence-electron chi connectivity index (χ3n) is 7.60. The van der Waals surface area contributed by atoms with Crippen LogP contribution >= 0.6 is 23.2 Å². The average molecular weight is 928 g/mol. The summed E-state index contributed by atoms with van der Waals surface area (Å²) < 4.78 is 59.0. The lowest BCUT2D eigenvalue weighted by Gasteiger charge is -2.10. The third kappa shape index (κ3) is 13.0. The number of nitrogens with one attached hydrogen (secondary N) is 1. The lowest BCUT2D eigenvalue weighted by atomic mass is 10.1. The maximum atomic E-state index is 12.5.